The predicted octanol–water partition coefficient (Wildman–Crippen LogP) is 2.84. The molecule has 5 nitrogen and oxygen atoms in total. The number of amides is 1. The molecular weight excluding hydrogens is 324 g/mol. The lowest BCUT2D eigenvalue weighted by molar-refractivity contribution is -0.155. The van der Waals surface area contributed by atoms with Gasteiger partial charge in [-0.3, -0.25) is 4.79 Å². The zero-order valence-electron chi connectivity index (χ0n) is 15.1. The van der Waals surface area contributed by atoms with Crippen LogP contribution in [0, 0.1) is 25.7 Å². The van der Waals surface area contributed by atoms with Crippen LogP contribution in [0.15, 0.2) is 4.99 Å². The zero-order chi connectivity index (χ0) is 17.3. The zero-order valence-corrected chi connectivity index (χ0v) is 15.9. The lowest BCUT2D eigenvalue weighted by Crippen LogP contribution is -2.52. The van der Waals surface area contributed by atoms with Crippen molar-refractivity contribution in [2.24, 2.45) is 16.8 Å². The first-order valence-electron chi connectivity index (χ1n) is 8.80. The van der Waals surface area contributed by atoms with Crippen molar-refractivity contribution in [3.05, 3.63) is 15.4 Å². The van der Waals surface area contributed by atoms with Crippen LogP contribution in [0.25, 0.3) is 0 Å². The number of hydrogen-bond acceptors (Lipinski definition) is 4. The fraction of sp³-hybridized carbons (Fsp3) is 0.778. The Labute approximate surface area is 147 Å². The van der Waals surface area contributed by atoms with Gasteiger partial charge in [-0.25, -0.2) is 0 Å². The van der Waals surface area contributed by atoms with Crippen LogP contribution in [0.4, 0.5) is 0 Å². The van der Waals surface area contributed by atoms with Crippen molar-refractivity contribution in [1.82, 2.24) is 4.57 Å². The molecule has 0 saturated heterocycles. The van der Waals surface area contributed by atoms with Gasteiger partial charge in [-0.05, 0) is 51.9 Å². The van der Waals surface area contributed by atoms with E-state index in [1.165, 1.54) is 17.7 Å². The second kappa shape index (κ2) is 7.10. The van der Waals surface area contributed by atoms with Crippen molar-refractivity contribution in [1.29, 1.82) is 0 Å². The summed E-state index contributed by atoms with van der Waals surface area (Å²) in [5.74, 6) is 0.570. The largest absolute Gasteiger partial charge is 0.383 e. The first-order chi connectivity index (χ1) is 11.5. The Hall–Kier alpha value is -0.980. The van der Waals surface area contributed by atoms with Gasteiger partial charge in [0.15, 0.2) is 4.80 Å². The van der Waals surface area contributed by atoms with Gasteiger partial charge in [-0.1, -0.05) is 0 Å². The van der Waals surface area contributed by atoms with E-state index in [0.717, 1.165) is 36.3 Å². The van der Waals surface area contributed by atoms with Crippen LogP contribution < -0.4 is 4.80 Å². The van der Waals surface area contributed by atoms with E-state index < -0.39 is 0 Å². The van der Waals surface area contributed by atoms with E-state index >= 15 is 0 Å². The third-order valence-electron chi connectivity index (χ3n) is 5.97. The summed E-state index contributed by atoms with van der Waals surface area (Å²) >= 11 is 1.59. The number of thiazole rings is 1. The van der Waals surface area contributed by atoms with Crippen molar-refractivity contribution < 1.29 is 14.3 Å². The monoisotopic (exact) mass is 352 g/mol. The fourth-order valence-corrected chi connectivity index (χ4v) is 5.28. The SMILES string of the molecule is COCCn1c(C)c(C)sc1=NC(=O)C1CC2CCC1(OC)CC2. The summed E-state index contributed by atoms with van der Waals surface area (Å²) in [7, 11) is 3.45. The molecule has 3 aliphatic rings. The first-order valence-corrected chi connectivity index (χ1v) is 9.62. The lowest BCUT2D eigenvalue weighted by atomic mass is 9.61. The average molecular weight is 353 g/mol. The van der Waals surface area contributed by atoms with Crippen LogP contribution in [-0.4, -0.2) is 36.9 Å². The quantitative estimate of drug-likeness (QED) is 0.819. The van der Waals surface area contributed by atoms with Crippen molar-refractivity contribution in [2.45, 2.75) is 58.1 Å². The molecule has 4 rings (SSSR count). The standard InChI is InChI=1S/C18H28N2O3S/c1-12-13(2)24-17(20(12)9-10-22-3)19-16(21)15-11-14-5-7-18(15,23-4)8-6-14/h14-15H,5-11H2,1-4H3. The molecule has 1 aromatic heterocycles. The second-order valence-electron chi connectivity index (χ2n) is 7.12. The number of methoxy groups -OCH3 is 2. The van der Waals surface area contributed by atoms with Crippen molar-refractivity contribution in [3.63, 3.8) is 0 Å². The molecule has 134 valence electrons. The third-order valence-corrected chi connectivity index (χ3v) is 7.07. The van der Waals surface area contributed by atoms with E-state index in [9.17, 15) is 4.79 Å². The third kappa shape index (κ3) is 3.11. The number of fused-ring (bicyclic) bond motifs is 3. The number of rotatable bonds is 5. The number of carbonyl (C=O) groups excluding carboxylic acids is 1. The van der Waals surface area contributed by atoms with Gasteiger partial charge in [0.25, 0.3) is 5.91 Å². The van der Waals surface area contributed by atoms with Crippen molar-refractivity contribution in [3.8, 4) is 0 Å². The fourth-order valence-electron chi connectivity index (χ4n) is 4.27. The van der Waals surface area contributed by atoms with Crippen LogP contribution >= 0.6 is 11.3 Å². The summed E-state index contributed by atoms with van der Waals surface area (Å²) in [5, 5.41) is 0. The van der Waals surface area contributed by atoms with E-state index in [0.29, 0.717) is 12.5 Å². The van der Waals surface area contributed by atoms with Gasteiger partial charge in [0.2, 0.25) is 0 Å². The summed E-state index contributed by atoms with van der Waals surface area (Å²) in [6.45, 7) is 5.49. The second-order valence-corrected chi connectivity index (χ2v) is 8.30. The maximum Gasteiger partial charge on any atom is 0.254 e. The summed E-state index contributed by atoms with van der Waals surface area (Å²) in [4.78, 5) is 19.5. The molecule has 1 unspecified atom stereocenters. The first kappa shape index (κ1) is 17.8. The molecule has 0 N–H and O–H groups in total. The highest BCUT2D eigenvalue weighted by Crippen LogP contribution is 2.50. The van der Waals surface area contributed by atoms with Crippen molar-refractivity contribution in [2.75, 3.05) is 20.8 Å². The average Bonchev–Trinajstić information content (AvgIpc) is 2.87. The summed E-state index contributed by atoms with van der Waals surface area (Å²) < 4.78 is 13.2. The molecule has 6 heteroatoms. The molecule has 1 aromatic rings. The number of hydrogen-bond donors (Lipinski definition) is 0. The molecule has 3 aliphatic carbocycles. The molecular formula is C18H28N2O3S. The Kier molecular flexibility index (Phi) is 5.27. The lowest BCUT2D eigenvalue weighted by Gasteiger charge is -2.49. The van der Waals surface area contributed by atoms with Gasteiger partial charge in [0.05, 0.1) is 18.1 Å². The summed E-state index contributed by atoms with van der Waals surface area (Å²) in [6, 6.07) is 0. The van der Waals surface area contributed by atoms with Crippen LogP contribution in [0.3, 0.4) is 0 Å². The Morgan fingerprint density at radius 3 is 2.67 bits per heavy atom. The molecule has 0 spiro atoms. The highest BCUT2D eigenvalue weighted by atomic mass is 32.1. The Morgan fingerprint density at radius 1 is 1.33 bits per heavy atom. The van der Waals surface area contributed by atoms with E-state index in [1.54, 1.807) is 25.6 Å². The molecule has 2 bridgehead atoms. The Balaban J connectivity index is 1.91. The van der Waals surface area contributed by atoms with Crippen molar-refractivity contribution >= 4 is 17.2 Å². The molecule has 1 atom stereocenters. The number of nitrogens with zero attached hydrogens (tertiary/aromatic N) is 2. The topological polar surface area (TPSA) is 52.8 Å². The number of aryl methyl sites for hydroxylation is 1. The van der Waals surface area contributed by atoms with Crippen LogP contribution in [-0.2, 0) is 20.8 Å². The summed E-state index contributed by atoms with van der Waals surface area (Å²) in [5.41, 5.74) is 0.879. The number of aromatic nitrogens is 1. The maximum absolute atomic E-state index is 13.0. The molecule has 0 radical (unpaired) electrons. The highest BCUT2D eigenvalue weighted by molar-refractivity contribution is 7.09. The Bertz CT molecular complexity index is 668. The summed E-state index contributed by atoms with van der Waals surface area (Å²) in [6.07, 6.45) is 5.28. The minimum Gasteiger partial charge on any atom is -0.383 e. The highest BCUT2D eigenvalue weighted by Gasteiger charge is 2.51. The Morgan fingerprint density at radius 2 is 2.04 bits per heavy atom. The van der Waals surface area contributed by atoms with Gasteiger partial charge in [-0.2, -0.15) is 4.99 Å². The molecule has 3 saturated carbocycles. The number of ether oxygens (including phenoxy) is 2. The van der Waals surface area contributed by atoms with E-state index in [2.05, 4.69) is 23.4 Å². The molecule has 3 fully saturated rings. The van der Waals surface area contributed by atoms with E-state index in [-0.39, 0.29) is 17.4 Å². The van der Waals surface area contributed by atoms with E-state index in [4.69, 9.17) is 9.47 Å². The normalized spacial score (nSPS) is 30.1. The minimum absolute atomic E-state index is 0.00586. The maximum atomic E-state index is 13.0. The van der Waals surface area contributed by atoms with Gasteiger partial charge in [-0.15, -0.1) is 11.3 Å². The smallest absolute Gasteiger partial charge is 0.254 e. The molecule has 0 aliphatic heterocycles. The molecule has 0 aromatic carbocycles. The van der Waals surface area contributed by atoms with E-state index in [1.807, 2.05) is 0 Å². The predicted molar refractivity (Wildman–Crippen MR) is 94.0 cm³/mol. The van der Waals surface area contributed by atoms with Crippen LogP contribution in [0.2, 0.25) is 0 Å². The van der Waals surface area contributed by atoms with Gasteiger partial charge >= 0.3 is 0 Å². The van der Waals surface area contributed by atoms with Gasteiger partial charge in [0, 0.05) is 31.3 Å². The molecule has 1 amide bonds. The minimum atomic E-state index is -0.284. The van der Waals surface area contributed by atoms with Gasteiger partial charge < -0.3 is 14.0 Å². The number of carbonyl (C=O) groups is 1. The van der Waals surface area contributed by atoms with Crippen LogP contribution in [0.1, 0.15) is 42.7 Å². The van der Waals surface area contributed by atoms with Gasteiger partial charge in [0.1, 0.15) is 0 Å². The van der Waals surface area contributed by atoms with Crippen LogP contribution in [0.5, 0.6) is 0 Å². The molecule has 1 heterocycles. The molecule has 24 heavy (non-hydrogen) atoms.